The number of methoxy groups -OCH3 is 2. The van der Waals surface area contributed by atoms with E-state index in [1.54, 1.807) is 21.1 Å². The molecule has 1 aromatic heterocycles. The van der Waals surface area contributed by atoms with Gasteiger partial charge in [-0.15, -0.1) is 0 Å². The molecule has 0 unspecified atom stereocenters. The number of ether oxygens (including phenoxy) is 2. The van der Waals surface area contributed by atoms with E-state index in [9.17, 15) is 4.79 Å². The fraction of sp³-hybridized carbons (Fsp3) is 0.333. The van der Waals surface area contributed by atoms with Crippen molar-refractivity contribution in [3.8, 4) is 11.5 Å². The first-order chi connectivity index (χ1) is 10.0. The van der Waals surface area contributed by atoms with Crippen molar-refractivity contribution in [3.63, 3.8) is 0 Å². The molecule has 0 saturated heterocycles. The number of hydrogen-bond donors (Lipinski definition) is 1. The van der Waals surface area contributed by atoms with Crippen LogP contribution in [0.4, 0.5) is 0 Å². The fourth-order valence-corrected chi connectivity index (χ4v) is 2.63. The predicted molar refractivity (Wildman–Crippen MR) is 83.4 cm³/mol. The average molecular weight is 306 g/mol. The number of nitrogens with one attached hydrogen (secondary N) is 1. The van der Waals surface area contributed by atoms with Crippen LogP contribution in [0, 0.1) is 13.8 Å². The second-order valence-corrected chi connectivity index (χ2v) is 5.56. The van der Waals surface area contributed by atoms with Crippen molar-refractivity contribution < 1.29 is 9.47 Å². The Morgan fingerprint density at radius 3 is 2.29 bits per heavy atom. The van der Waals surface area contributed by atoms with Crippen LogP contribution in [0.5, 0.6) is 11.5 Å². The molecule has 0 aliphatic carbocycles. The van der Waals surface area contributed by atoms with E-state index in [0.717, 1.165) is 22.8 Å². The van der Waals surface area contributed by atoms with Gasteiger partial charge in [0.2, 0.25) is 0 Å². The van der Waals surface area contributed by atoms with Gasteiger partial charge in [0, 0.05) is 23.1 Å². The van der Waals surface area contributed by atoms with Crippen molar-refractivity contribution in [2.75, 3.05) is 14.2 Å². The molecular weight excluding hydrogens is 288 g/mol. The van der Waals surface area contributed by atoms with E-state index < -0.39 is 0 Å². The van der Waals surface area contributed by atoms with Crippen LogP contribution < -0.4 is 15.0 Å². The summed E-state index contributed by atoms with van der Waals surface area (Å²) in [5.74, 6) is 2.15. The number of thioether (sulfide) groups is 1. The molecule has 6 heteroatoms. The average Bonchev–Trinajstić information content (AvgIpc) is 2.49. The molecule has 0 saturated carbocycles. The number of aromatic nitrogens is 2. The molecule has 0 radical (unpaired) electrons. The van der Waals surface area contributed by atoms with Gasteiger partial charge in [-0.1, -0.05) is 11.8 Å². The molecule has 1 aromatic carbocycles. The summed E-state index contributed by atoms with van der Waals surface area (Å²) < 4.78 is 10.5. The Bertz CT molecular complexity index is 676. The number of H-pyrrole nitrogens is 1. The van der Waals surface area contributed by atoms with E-state index >= 15 is 0 Å². The molecule has 0 spiro atoms. The second kappa shape index (κ2) is 6.67. The lowest BCUT2D eigenvalue weighted by molar-refractivity contribution is 0.393. The zero-order chi connectivity index (χ0) is 15.4. The molecule has 0 fully saturated rings. The molecule has 0 bridgehead atoms. The Morgan fingerprint density at radius 1 is 1.14 bits per heavy atom. The summed E-state index contributed by atoms with van der Waals surface area (Å²) in [7, 11) is 3.24. The van der Waals surface area contributed by atoms with Gasteiger partial charge in [-0.05, 0) is 31.5 Å². The van der Waals surface area contributed by atoms with Gasteiger partial charge in [0.1, 0.15) is 11.5 Å². The molecular formula is C15H18N2O3S. The minimum absolute atomic E-state index is 0.0896. The van der Waals surface area contributed by atoms with E-state index in [4.69, 9.17) is 9.47 Å². The third kappa shape index (κ3) is 3.78. The van der Waals surface area contributed by atoms with Crippen molar-refractivity contribution >= 4 is 11.8 Å². The van der Waals surface area contributed by atoms with Crippen LogP contribution in [0.15, 0.2) is 28.2 Å². The number of aryl methyl sites for hydroxylation is 1. The molecule has 1 heterocycles. The number of benzene rings is 1. The summed E-state index contributed by atoms with van der Waals surface area (Å²) in [5, 5.41) is 0.616. The van der Waals surface area contributed by atoms with Gasteiger partial charge < -0.3 is 14.5 Å². The third-order valence-corrected chi connectivity index (χ3v) is 4.10. The summed E-state index contributed by atoms with van der Waals surface area (Å²) >= 11 is 1.47. The maximum Gasteiger partial charge on any atom is 0.254 e. The minimum atomic E-state index is -0.0896. The smallest absolute Gasteiger partial charge is 0.254 e. The zero-order valence-electron chi connectivity index (χ0n) is 12.5. The monoisotopic (exact) mass is 306 g/mol. The van der Waals surface area contributed by atoms with Crippen molar-refractivity contribution in [1.29, 1.82) is 0 Å². The van der Waals surface area contributed by atoms with Gasteiger partial charge in [-0.3, -0.25) is 4.79 Å². The Hall–Kier alpha value is -1.95. The molecule has 0 amide bonds. The Morgan fingerprint density at radius 2 is 1.76 bits per heavy atom. The second-order valence-electron chi connectivity index (χ2n) is 4.59. The van der Waals surface area contributed by atoms with Gasteiger partial charge in [-0.25, -0.2) is 4.98 Å². The highest BCUT2D eigenvalue weighted by molar-refractivity contribution is 7.98. The molecule has 0 aliphatic heterocycles. The van der Waals surface area contributed by atoms with Gasteiger partial charge >= 0.3 is 0 Å². The van der Waals surface area contributed by atoms with E-state index in [-0.39, 0.29) is 5.56 Å². The number of rotatable bonds is 5. The number of hydrogen-bond acceptors (Lipinski definition) is 5. The summed E-state index contributed by atoms with van der Waals surface area (Å²) in [4.78, 5) is 18.9. The molecule has 112 valence electrons. The normalized spacial score (nSPS) is 10.5. The summed E-state index contributed by atoms with van der Waals surface area (Å²) in [5.41, 5.74) is 2.36. The third-order valence-electron chi connectivity index (χ3n) is 3.16. The quantitative estimate of drug-likeness (QED) is 0.679. The highest BCUT2D eigenvalue weighted by Crippen LogP contribution is 2.26. The van der Waals surface area contributed by atoms with Crippen molar-refractivity contribution in [2.24, 2.45) is 0 Å². The lowest BCUT2D eigenvalue weighted by Gasteiger charge is -2.08. The molecule has 21 heavy (non-hydrogen) atoms. The van der Waals surface area contributed by atoms with E-state index in [0.29, 0.717) is 16.5 Å². The molecule has 0 aliphatic rings. The van der Waals surface area contributed by atoms with Gasteiger partial charge in [0.25, 0.3) is 5.56 Å². The van der Waals surface area contributed by atoms with Crippen molar-refractivity contribution in [1.82, 2.24) is 9.97 Å². The summed E-state index contributed by atoms with van der Waals surface area (Å²) in [6.45, 7) is 3.60. The lowest BCUT2D eigenvalue weighted by atomic mass is 10.2. The summed E-state index contributed by atoms with van der Waals surface area (Å²) in [6.07, 6.45) is 0. The molecule has 2 aromatic rings. The van der Waals surface area contributed by atoms with Gasteiger partial charge in [-0.2, -0.15) is 0 Å². The largest absolute Gasteiger partial charge is 0.497 e. The molecule has 2 rings (SSSR count). The van der Waals surface area contributed by atoms with Gasteiger partial charge in [0.05, 0.1) is 14.2 Å². The SMILES string of the molecule is COc1cc(CSc2nc(C)c(C)c(=O)[nH]2)cc(OC)c1. The zero-order valence-corrected chi connectivity index (χ0v) is 13.3. The highest BCUT2D eigenvalue weighted by Gasteiger charge is 2.06. The number of nitrogens with zero attached hydrogens (tertiary/aromatic N) is 1. The lowest BCUT2D eigenvalue weighted by Crippen LogP contribution is -2.14. The Balaban J connectivity index is 2.18. The van der Waals surface area contributed by atoms with Crippen LogP contribution in [0.2, 0.25) is 0 Å². The fourth-order valence-electron chi connectivity index (χ4n) is 1.79. The predicted octanol–water partition coefficient (Wildman–Crippen LogP) is 2.70. The molecule has 0 atom stereocenters. The first kappa shape index (κ1) is 15.4. The van der Waals surface area contributed by atoms with E-state index in [1.165, 1.54) is 11.8 Å². The summed E-state index contributed by atoms with van der Waals surface area (Å²) in [6, 6.07) is 5.70. The maximum absolute atomic E-state index is 11.7. The van der Waals surface area contributed by atoms with Crippen LogP contribution in [0.25, 0.3) is 0 Å². The van der Waals surface area contributed by atoms with Gasteiger partial charge in [0.15, 0.2) is 5.16 Å². The van der Waals surface area contributed by atoms with E-state index in [1.807, 2.05) is 25.1 Å². The van der Waals surface area contributed by atoms with Crippen molar-refractivity contribution in [2.45, 2.75) is 24.8 Å². The van der Waals surface area contributed by atoms with Crippen LogP contribution in [-0.4, -0.2) is 24.2 Å². The minimum Gasteiger partial charge on any atom is -0.497 e. The van der Waals surface area contributed by atoms with Crippen LogP contribution in [0.3, 0.4) is 0 Å². The maximum atomic E-state index is 11.7. The Labute approximate surface area is 127 Å². The van der Waals surface area contributed by atoms with Crippen LogP contribution >= 0.6 is 11.8 Å². The van der Waals surface area contributed by atoms with Crippen LogP contribution in [0.1, 0.15) is 16.8 Å². The first-order valence-corrected chi connectivity index (χ1v) is 7.44. The van der Waals surface area contributed by atoms with Crippen molar-refractivity contribution in [3.05, 3.63) is 45.4 Å². The highest BCUT2D eigenvalue weighted by atomic mass is 32.2. The standard InChI is InChI=1S/C15H18N2O3S/c1-9-10(2)16-15(17-14(9)18)21-8-11-5-12(19-3)7-13(6-11)20-4/h5-7H,8H2,1-4H3,(H,16,17,18). The first-order valence-electron chi connectivity index (χ1n) is 6.45. The number of aromatic amines is 1. The Kier molecular flexibility index (Phi) is 4.90. The van der Waals surface area contributed by atoms with E-state index in [2.05, 4.69) is 9.97 Å². The topological polar surface area (TPSA) is 64.2 Å². The molecule has 1 N–H and O–H groups in total. The molecule has 5 nitrogen and oxygen atoms in total. The van der Waals surface area contributed by atoms with Crippen LogP contribution in [-0.2, 0) is 5.75 Å².